The van der Waals surface area contributed by atoms with Crippen molar-refractivity contribution in [3.8, 4) is 0 Å². The Balaban J connectivity index is 1.88. The summed E-state index contributed by atoms with van der Waals surface area (Å²) in [6.07, 6.45) is 2.10. The Labute approximate surface area is 106 Å². The maximum Gasteiger partial charge on any atom is 0.287 e. The fourth-order valence-electron chi connectivity index (χ4n) is 1.30. The van der Waals surface area contributed by atoms with Gasteiger partial charge in [0, 0.05) is 12.1 Å². The quantitative estimate of drug-likeness (QED) is 0.906. The molecule has 0 saturated heterocycles. The molecule has 0 aliphatic heterocycles. The zero-order chi connectivity index (χ0) is 12.3. The molecular weight excluding hydrogens is 290 g/mol. The van der Waals surface area contributed by atoms with E-state index >= 15 is 0 Å². The van der Waals surface area contributed by atoms with Gasteiger partial charge in [-0.15, -0.1) is 0 Å². The lowest BCUT2D eigenvalue weighted by atomic mass is 10.2. The number of nitrogens with one attached hydrogen (secondary N) is 1. The molecule has 0 radical (unpaired) electrons. The molecule has 2 aromatic heterocycles. The second-order valence-corrected chi connectivity index (χ2v) is 4.17. The maximum atomic E-state index is 11.6. The van der Waals surface area contributed by atoms with Crippen molar-refractivity contribution in [1.29, 1.82) is 0 Å². The van der Waals surface area contributed by atoms with E-state index in [1.54, 1.807) is 18.2 Å². The van der Waals surface area contributed by atoms with Crippen LogP contribution in [0.3, 0.4) is 0 Å². The van der Waals surface area contributed by atoms with Crippen LogP contribution in [0, 0.1) is 0 Å². The van der Waals surface area contributed by atoms with Gasteiger partial charge in [-0.3, -0.25) is 4.79 Å². The number of hydrogen-bond donors (Lipinski definition) is 2. The van der Waals surface area contributed by atoms with Gasteiger partial charge in [-0.25, -0.2) is 0 Å². The molecule has 1 amide bonds. The Morgan fingerprint density at radius 3 is 2.88 bits per heavy atom. The number of amides is 1. The number of halogens is 1. The minimum Gasteiger partial charge on any atom is -0.472 e. The summed E-state index contributed by atoms with van der Waals surface area (Å²) in [4.78, 5) is 11.6. The topological polar surface area (TPSA) is 75.6 Å². The van der Waals surface area contributed by atoms with Gasteiger partial charge in [-0.05, 0) is 34.1 Å². The second-order valence-electron chi connectivity index (χ2n) is 3.39. The normalized spacial score (nSPS) is 12.4. The Kier molecular flexibility index (Phi) is 3.65. The molecular formula is C11H10BrNO4. The van der Waals surface area contributed by atoms with Crippen LogP contribution in [0.1, 0.15) is 22.2 Å². The van der Waals surface area contributed by atoms with E-state index in [1.165, 1.54) is 12.5 Å². The number of hydrogen-bond acceptors (Lipinski definition) is 4. The average molecular weight is 300 g/mol. The lowest BCUT2D eigenvalue weighted by molar-refractivity contribution is 0.0887. The van der Waals surface area contributed by atoms with Gasteiger partial charge in [-0.2, -0.15) is 0 Å². The minimum atomic E-state index is -0.795. The summed E-state index contributed by atoms with van der Waals surface area (Å²) in [6, 6.07) is 4.81. The summed E-state index contributed by atoms with van der Waals surface area (Å²) in [5, 5.41) is 12.3. The summed E-state index contributed by atoms with van der Waals surface area (Å²) < 4.78 is 10.4. The van der Waals surface area contributed by atoms with Crippen LogP contribution in [0.5, 0.6) is 0 Å². The van der Waals surface area contributed by atoms with E-state index in [0.717, 1.165) is 0 Å². The van der Waals surface area contributed by atoms with Crippen molar-refractivity contribution in [2.75, 3.05) is 6.54 Å². The molecule has 0 aromatic carbocycles. The predicted octanol–water partition coefficient (Wildman–Crippen LogP) is 2.10. The van der Waals surface area contributed by atoms with Crippen molar-refractivity contribution in [2.45, 2.75) is 6.10 Å². The second kappa shape index (κ2) is 5.20. The van der Waals surface area contributed by atoms with E-state index in [1.807, 2.05) is 0 Å². The molecule has 1 atom stereocenters. The van der Waals surface area contributed by atoms with Crippen molar-refractivity contribution >= 4 is 21.8 Å². The summed E-state index contributed by atoms with van der Waals surface area (Å²) in [7, 11) is 0. The highest BCUT2D eigenvalue weighted by Gasteiger charge is 2.13. The summed E-state index contributed by atoms with van der Waals surface area (Å²) in [5.74, 6) is -0.186. The van der Waals surface area contributed by atoms with Gasteiger partial charge in [0.2, 0.25) is 0 Å². The SMILES string of the molecule is O=C(NC[C@@H](O)c1ccoc1)c1ccc(Br)o1. The monoisotopic (exact) mass is 299 g/mol. The van der Waals surface area contributed by atoms with E-state index in [9.17, 15) is 9.90 Å². The van der Waals surface area contributed by atoms with Crippen LogP contribution < -0.4 is 5.32 Å². The first-order valence-corrected chi connectivity index (χ1v) is 5.70. The third-order valence-corrected chi connectivity index (χ3v) is 2.61. The predicted molar refractivity (Wildman–Crippen MR) is 62.4 cm³/mol. The van der Waals surface area contributed by atoms with Gasteiger partial charge >= 0.3 is 0 Å². The van der Waals surface area contributed by atoms with Crippen LogP contribution >= 0.6 is 15.9 Å². The lowest BCUT2D eigenvalue weighted by Crippen LogP contribution is -2.27. The van der Waals surface area contributed by atoms with Crippen molar-refractivity contribution in [1.82, 2.24) is 5.32 Å². The zero-order valence-corrected chi connectivity index (χ0v) is 10.3. The van der Waals surface area contributed by atoms with Crippen molar-refractivity contribution in [3.05, 3.63) is 46.7 Å². The summed E-state index contributed by atoms with van der Waals surface area (Å²) in [6.45, 7) is 0.0939. The van der Waals surface area contributed by atoms with Crippen LogP contribution in [-0.2, 0) is 0 Å². The van der Waals surface area contributed by atoms with Crippen LogP contribution in [0.2, 0.25) is 0 Å². The number of carbonyl (C=O) groups excluding carboxylic acids is 1. The lowest BCUT2D eigenvalue weighted by Gasteiger charge is -2.08. The molecule has 6 heteroatoms. The molecule has 17 heavy (non-hydrogen) atoms. The first-order valence-electron chi connectivity index (χ1n) is 4.90. The smallest absolute Gasteiger partial charge is 0.287 e. The van der Waals surface area contributed by atoms with Crippen LogP contribution in [0.15, 0.2) is 44.2 Å². The standard InChI is InChI=1S/C11H10BrNO4/c12-10-2-1-9(17-10)11(15)13-5-8(14)7-3-4-16-6-7/h1-4,6,8,14H,5H2,(H,13,15)/t8-/m1/s1. The largest absolute Gasteiger partial charge is 0.472 e. The van der Waals surface area contributed by atoms with Gasteiger partial charge in [-0.1, -0.05) is 0 Å². The first kappa shape index (κ1) is 11.9. The fraction of sp³-hybridized carbons (Fsp3) is 0.182. The zero-order valence-electron chi connectivity index (χ0n) is 8.72. The average Bonchev–Trinajstić information content (AvgIpc) is 2.95. The van der Waals surface area contributed by atoms with Crippen molar-refractivity contribution < 1.29 is 18.7 Å². The molecule has 90 valence electrons. The summed E-state index contributed by atoms with van der Waals surface area (Å²) in [5.41, 5.74) is 0.617. The Morgan fingerprint density at radius 1 is 1.47 bits per heavy atom. The molecule has 0 fully saturated rings. The van der Waals surface area contributed by atoms with E-state index in [0.29, 0.717) is 10.2 Å². The molecule has 2 heterocycles. The minimum absolute atomic E-state index is 0.0939. The highest BCUT2D eigenvalue weighted by molar-refractivity contribution is 9.10. The van der Waals surface area contributed by atoms with E-state index < -0.39 is 6.10 Å². The number of furan rings is 2. The highest BCUT2D eigenvalue weighted by atomic mass is 79.9. The van der Waals surface area contributed by atoms with E-state index in [4.69, 9.17) is 8.83 Å². The fourth-order valence-corrected chi connectivity index (χ4v) is 1.60. The Hall–Kier alpha value is -1.53. The highest BCUT2D eigenvalue weighted by Crippen LogP contribution is 2.15. The molecule has 2 aromatic rings. The Morgan fingerprint density at radius 2 is 2.29 bits per heavy atom. The number of carbonyl (C=O) groups is 1. The molecule has 0 saturated carbocycles. The van der Waals surface area contributed by atoms with Gasteiger partial charge in [0.25, 0.3) is 5.91 Å². The third kappa shape index (κ3) is 2.98. The molecule has 2 rings (SSSR count). The van der Waals surface area contributed by atoms with Gasteiger partial charge in [0.1, 0.15) is 0 Å². The van der Waals surface area contributed by atoms with Gasteiger partial charge in [0.05, 0.1) is 18.6 Å². The first-order chi connectivity index (χ1) is 8.16. The molecule has 0 bridgehead atoms. The number of aliphatic hydroxyl groups excluding tert-OH is 1. The van der Waals surface area contributed by atoms with Crippen LogP contribution in [-0.4, -0.2) is 17.6 Å². The van der Waals surface area contributed by atoms with Crippen LogP contribution in [0.25, 0.3) is 0 Å². The number of rotatable bonds is 4. The van der Waals surface area contributed by atoms with E-state index in [-0.39, 0.29) is 18.2 Å². The van der Waals surface area contributed by atoms with Gasteiger partial charge < -0.3 is 19.3 Å². The molecule has 2 N–H and O–H groups in total. The maximum absolute atomic E-state index is 11.6. The molecule has 0 aliphatic rings. The molecule has 0 aliphatic carbocycles. The van der Waals surface area contributed by atoms with Crippen LogP contribution in [0.4, 0.5) is 0 Å². The summed E-state index contributed by atoms with van der Waals surface area (Å²) >= 11 is 3.10. The van der Waals surface area contributed by atoms with E-state index in [2.05, 4.69) is 21.2 Å². The molecule has 0 spiro atoms. The molecule has 0 unspecified atom stereocenters. The Bertz CT molecular complexity index is 491. The van der Waals surface area contributed by atoms with Gasteiger partial charge in [0.15, 0.2) is 10.4 Å². The molecule has 5 nitrogen and oxygen atoms in total. The van der Waals surface area contributed by atoms with Crippen molar-refractivity contribution in [3.63, 3.8) is 0 Å². The third-order valence-electron chi connectivity index (χ3n) is 2.18. The van der Waals surface area contributed by atoms with Crippen molar-refractivity contribution in [2.24, 2.45) is 0 Å². The number of aliphatic hydroxyl groups is 1.